The summed E-state index contributed by atoms with van der Waals surface area (Å²) >= 11 is 1.00. The second-order valence-corrected chi connectivity index (χ2v) is 7.54. The van der Waals surface area contributed by atoms with Crippen molar-refractivity contribution in [3.63, 3.8) is 0 Å². The van der Waals surface area contributed by atoms with Crippen LogP contribution in [0.1, 0.15) is 76.7 Å². The zero-order valence-corrected chi connectivity index (χ0v) is 16.9. The number of halogens is 3. The van der Waals surface area contributed by atoms with Crippen LogP contribution in [0.25, 0.3) is 0 Å². The summed E-state index contributed by atoms with van der Waals surface area (Å²) in [6, 6.07) is 4.37. The van der Waals surface area contributed by atoms with Crippen molar-refractivity contribution in [2.24, 2.45) is 0 Å². The number of hydrogen-bond donors (Lipinski definition) is 2. The number of alkyl halides is 3. The van der Waals surface area contributed by atoms with Gasteiger partial charge in [0.2, 0.25) is 0 Å². The van der Waals surface area contributed by atoms with Gasteiger partial charge in [0, 0.05) is 11.4 Å². The van der Waals surface area contributed by atoms with E-state index in [1.807, 2.05) is 0 Å². The molecule has 154 valence electrons. The predicted molar refractivity (Wildman–Crippen MR) is 106 cm³/mol. The van der Waals surface area contributed by atoms with E-state index in [2.05, 4.69) is 17.0 Å². The molecule has 0 radical (unpaired) electrons. The number of nitrogens with one attached hydrogen (secondary N) is 2. The van der Waals surface area contributed by atoms with Crippen LogP contribution in [-0.2, 0) is 6.18 Å². The molecule has 0 aliphatic carbocycles. The first kappa shape index (κ1) is 23.7. The summed E-state index contributed by atoms with van der Waals surface area (Å²) in [5, 5.41) is 2.76. The van der Waals surface area contributed by atoms with E-state index >= 15 is 0 Å². The minimum atomic E-state index is -4.34. The number of urea groups is 1. The van der Waals surface area contributed by atoms with Crippen LogP contribution < -0.4 is 10.0 Å². The monoisotopic (exact) mass is 404 g/mol. The summed E-state index contributed by atoms with van der Waals surface area (Å²) in [5.41, 5.74) is -0.697. The van der Waals surface area contributed by atoms with Crippen LogP contribution in [-0.4, -0.2) is 12.6 Å². The van der Waals surface area contributed by atoms with Gasteiger partial charge >= 0.3 is 12.2 Å². The third-order valence-corrected chi connectivity index (χ3v) is 5.05. The molecular formula is C20H31F3N2OS. The molecule has 27 heavy (non-hydrogen) atoms. The van der Waals surface area contributed by atoms with Crippen LogP contribution in [0, 0.1) is 0 Å². The standard InChI is InChI=1S/C20H31F3N2OS/c1-2-3-4-5-6-7-8-9-10-11-16-24-19(26)25-27-18-14-12-17(13-15-18)20(21,22)23/h12-15H,2-11,16H2,1H3,(H2,24,25,26). The molecule has 3 nitrogen and oxygen atoms in total. The fourth-order valence-electron chi connectivity index (χ4n) is 2.67. The number of amides is 2. The Kier molecular flexibility index (Phi) is 12.1. The van der Waals surface area contributed by atoms with Gasteiger partial charge in [0.05, 0.1) is 5.56 Å². The SMILES string of the molecule is CCCCCCCCCCCCNC(=O)NSc1ccc(C(F)(F)F)cc1. The van der Waals surface area contributed by atoms with E-state index in [4.69, 9.17) is 0 Å². The van der Waals surface area contributed by atoms with E-state index in [9.17, 15) is 18.0 Å². The maximum Gasteiger partial charge on any atom is 0.416 e. The third kappa shape index (κ3) is 11.8. The van der Waals surface area contributed by atoms with Crippen LogP contribution in [0.5, 0.6) is 0 Å². The Morgan fingerprint density at radius 2 is 1.41 bits per heavy atom. The number of carbonyl (C=O) groups excluding carboxylic acids is 1. The van der Waals surface area contributed by atoms with Gasteiger partial charge in [-0.2, -0.15) is 13.2 Å². The van der Waals surface area contributed by atoms with E-state index in [0.29, 0.717) is 11.4 Å². The lowest BCUT2D eigenvalue weighted by Crippen LogP contribution is -2.31. The first-order valence-corrected chi connectivity index (χ1v) is 10.6. The van der Waals surface area contributed by atoms with Gasteiger partial charge in [0.1, 0.15) is 0 Å². The minimum Gasteiger partial charge on any atom is -0.337 e. The summed E-state index contributed by atoms with van der Waals surface area (Å²) in [5.74, 6) is 0. The quantitative estimate of drug-likeness (QED) is 0.276. The van der Waals surface area contributed by atoms with Crippen molar-refractivity contribution >= 4 is 18.0 Å². The van der Waals surface area contributed by atoms with E-state index < -0.39 is 11.7 Å². The average molecular weight is 405 g/mol. The number of rotatable bonds is 13. The van der Waals surface area contributed by atoms with Crippen molar-refractivity contribution in [3.8, 4) is 0 Å². The lowest BCUT2D eigenvalue weighted by molar-refractivity contribution is -0.137. The molecule has 0 atom stereocenters. The van der Waals surface area contributed by atoms with E-state index in [1.165, 1.54) is 63.5 Å². The van der Waals surface area contributed by atoms with Crippen molar-refractivity contribution in [1.29, 1.82) is 0 Å². The van der Waals surface area contributed by atoms with Crippen LogP contribution >= 0.6 is 11.9 Å². The highest BCUT2D eigenvalue weighted by Gasteiger charge is 2.29. The molecule has 0 saturated heterocycles. The lowest BCUT2D eigenvalue weighted by Gasteiger charge is -2.09. The van der Waals surface area contributed by atoms with Crippen LogP contribution in [0.2, 0.25) is 0 Å². The van der Waals surface area contributed by atoms with Crippen LogP contribution in [0.4, 0.5) is 18.0 Å². The number of hydrogen-bond acceptors (Lipinski definition) is 2. The zero-order valence-electron chi connectivity index (χ0n) is 16.0. The topological polar surface area (TPSA) is 41.1 Å². The summed E-state index contributed by atoms with van der Waals surface area (Å²) in [6.07, 6.45) is 8.06. The van der Waals surface area contributed by atoms with Gasteiger partial charge in [-0.15, -0.1) is 0 Å². The molecule has 0 fully saturated rings. The van der Waals surface area contributed by atoms with Gasteiger partial charge in [0.25, 0.3) is 0 Å². The molecule has 0 aliphatic heterocycles. The Labute approximate surface area is 165 Å². The van der Waals surface area contributed by atoms with Crippen molar-refractivity contribution in [1.82, 2.24) is 10.0 Å². The highest BCUT2D eigenvalue weighted by molar-refractivity contribution is 7.98. The van der Waals surface area contributed by atoms with E-state index in [0.717, 1.165) is 36.9 Å². The van der Waals surface area contributed by atoms with Gasteiger partial charge in [-0.05, 0) is 42.6 Å². The van der Waals surface area contributed by atoms with Crippen LogP contribution in [0.3, 0.4) is 0 Å². The lowest BCUT2D eigenvalue weighted by atomic mass is 10.1. The van der Waals surface area contributed by atoms with E-state index in [-0.39, 0.29) is 6.03 Å². The first-order chi connectivity index (χ1) is 12.9. The molecule has 0 unspecified atom stereocenters. The average Bonchev–Trinajstić information content (AvgIpc) is 2.64. The van der Waals surface area contributed by atoms with Gasteiger partial charge in [0.15, 0.2) is 0 Å². The Balaban J connectivity index is 2.00. The van der Waals surface area contributed by atoms with Gasteiger partial charge < -0.3 is 5.32 Å². The summed E-state index contributed by atoms with van der Waals surface area (Å²) < 4.78 is 40.0. The van der Waals surface area contributed by atoms with Crippen molar-refractivity contribution in [2.45, 2.75) is 82.2 Å². The molecule has 0 saturated carbocycles. The van der Waals surface area contributed by atoms with Crippen LogP contribution in [0.15, 0.2) is 29.2 Å². The smallest absolute Gasteiger partial charge is 0.337 e. The number of carbonyl (C=O) groups is 1. The van der Waals surface area contributed by atoms with Crippen molar-refractivity contribution in [2.75, 3.05) is 6.54 Å². The molecule has 2 N–H and O–H groups in total. The Morgan fingerprint density at radius 3 is 1.93 bits per heavy atom. The molecule has 1 aromatic carbocycles. The Hall–Kier alpha value is -1.37. The molecule has 7 heteroatoms. The normalized spacial score (nSPS) is 11.4. The second kappa shape index (κ2) is 13.7. The number of unbranched alkanes of at least 4 members (excludes halogenated alkanes) is 9. The largest absolute Gasteiger partial charge is 0.416 e. The van der Waals surface area contributed by atoms with Gasteiger partial charge in [-0.3, -0.25) is 4.72 Å². The zero-order chi connectivity index (χ0) is 20.0. The van der Waals surface area contributed by atoms with Crippen molar-refractivity contribution in [3.05, 3.63) is 29.8 Å². The molecule has 1 aromatic rings. The molecule has 0 bridgehead atoms. The molecule has 0 aliphatic rings. The van der Waals surface area contributed by atoms with Gasteiger partial charge in [-0.1, -0.05) is 64.7 Å². The maximum absolute atomic E-state index is 12.5. The fourth-order valence-corrected chi connectivity index (χ4v) is 3.22. The molecule has 2 amide bonds. The fraction of sp³-hybridized carbons (Fsp3) is 0.650. The minimum absolute atomic E-state index is 0.323. The van der Waals surface area contributed by atoms with E-state index in [1.54, 1.807) is 0 Å². The molecular weight excluding hydrogens is 373 g/mol. The molecule has 0 spiro atoms. The van der Waals surface area contributed by atoms with Gasteiger partial charge in [-0.25, -0.2) is 4.79 Å². The third-order valence-electron chi connectivity index (χ3n) is 4.26. The Bertz CT molecular complexity index is 521. The predicted octanol–water partition coefficient (Wildman–Crippen LogP) is 6.93. The molecule has 1 rings (SSSR count). The second-order valence-electron chi connectivity index (χ2n) is 6.66. The molecule has 0 aromatic heterocycles. The Morgan fingerprint density at radius 1 is 0.889 bits per heavy atom. The molecule has 0 heterocycles. The maximum atomic E-state index is 12.5. The highest BCUT2D eigenvalue weighted by Crippen LogP contribution is 2.30. The first-order valence-electron chi connectivity index (χ1n) is 9.81. The highest BCUT2D eigenvalue weighted by atomic mass is 32.2. The number of benzene rings is 1. The summed E-state index contributed by atoms with van der Waals surface area (Å²) in [4.78, 5) is 12.2. The van der Waals surface area contributed by atoms with Crippen molar-refractivity contribution < 1.29 is 18.0 Å². The summed E-state index contributed by atoms with van der Waals surface area (Å²) in [6.45, 7) is 2.83. The summed E-state index contributed by atoms with van der Waals surface area (Å²) in [7, 11) is 0.